The number of halogens is 1. The summed E-state index contributed by atoms with van der Waals surface area (Å²) in [4.78, 5) is 23.9. The number of benzene rings is 2. The van der Waals surface area contributed by atoms with Gasteiger partial charge >= 0.3 is 11.8 Å². The molecule has 0 unspecified atom stereocenters. The lowest BCUT2D eigenvalue weighted by atomic mass is 10.1. The molecular weight excluding hydrogens is 358 g/mol. The number of para-hydroxylation sites is 1. The monoisotopic (exact) mass is 375 g/mol. The van der Waals surface area contributed by atoms with Crippen molar-refractivity contribution >= 4 is 35.3 Å². The van der Waals surface area contributed by atoms with Crippen LogP contribution in [-0.2, 0) is 9.59 Å². The molecule has 0 atom stereocenters. The van der Waals surface area contributed by atoms with Gasteiger partial charge in [0.1, 0.15) is 0 Å². The highest BCUT2D eigenvalue weighted by molar-refractivity contribution is 6.39. The molecule has 0 fully saturated rings. The summed E-state index contributed by atoms with van der Waals surface area (Å²) in [5.41, 5.74) is 4.89. The Kier molecular flexibility index (Phi) is 6.19. The van der Waals surface area contributed by atoms with E-state index in [1.54, 1.807) is 0 Å². The molecule has 2 amide bonds. The number of nitrogens with one attached hydrogen (secondary N) is 2. The van der Waals surface area contributed by atoms with Crippen LogP contribution in [0.15, 0.2) is 35.4 Å². The number of hydrogen-bond acceptors (Lipinski definition) is 5. The molecule has 0 aromatic heterocycles. The number of aromatic hydroxyl groups is 1. The van der Waals surface area contributed by atoms with Gasteiger partial charge in [-0.25, -0.2) is 5.43 Å². The number of carbonyl (C=O) groups excluding carboxylic acids is 2. The molecule has 0 aliphatic carbocycles. The predicted octanol–water partition coefficient (Wildman–Crippen LogP) is 2.76. The average molecular weight is 376 g/mol. The number of phenols is 1. The van der Waals surface area contributed by atoms with Crippen molar-refractivity contribution in [3.8, 4) is 11.5 Å². The first kappa shape index (κ1) is 19.3. The zero-order valence-electron chi connectivity index (χ0n) is 14.5. The number of hydrazone groups is 1. The van der Waals surface area contributed by atoms with Gasteiger partial charge in [0.15, 0.2) is 11.5 Å². The summed E-state index contributed by atoms with van der Waals surface area (Å²) >= 11 is 5.87. The number of anilines is 1. The summed E-state index contributed by atoms with van der Waals surface area (Å²) in [6, 6.07) is 8.45. The Labute approximate surface area is 155 Å². The fraction of sp³-hybridized carbons (Fsp3) is 0.167. The number of phenolic OH excluding ortho intramolecular Hbond substituents is 1. The van der Waals surface area contributed by atoms with E-state index in [0.717, 1.165) is 11.1 Å². The normalized spacial score (nSPS) is 10.6. The second-order valence-electron chi connectivity index (χ2n) is 5.47. The van der Waals surface area contributed by atoms with Gasteiger partial charge in [0.25, 0.3) is 0 Å². The van der Waals surface area contributed by atoms with Gasteiger partial charge in [0.05, 0.1) is 18.3 Å². The Bertz CT molecular complexity index is 861. The molecule has 8 heteroatoms. The maximum absolute atomic E-state index is 12.0. The van der Waals surface area contributed by atoms with E-state index in [2.05, 4.69) is 15.8 Å². The van der Waals surface area contributed by atoms with Crippen LogP contribution in [0, 0.1) is 13.8 Å². The van der Waals surface area contributed by atoms with E-state index in [1.165, 1.54) is 25.5 Å². The van der Waals surface area contributed by atoms with Crippen LogP contribution in [0.4, 0.5) is 5.69 Å². The van der Waals surface area contributed by atoms with Crippen LogP contribution in [0.5, 0.6) is 11.5 Å². The van der Waals surface area contributed by atoms with Gasteiger partial charge in [-0.15, -0.1) is 0 Å². The molecule has 136 valence electrons. The second kappa shape index (κ2) is 8.35. The minimum Gasteiger partial charge on any atom is -0.503 e. The second-order valence-corrected chi connectivity index (χ2v) is 5.88. The van der Waals surface area contributed by atoms with Crippen LogP contribution >= 0.6 is 11.6 Å². The number of methoxy groups -OCH3 is 1. The Hall–Kier alpha value is -3.06. The highest BCUT2D eigenvalue weighted by Crippen LogP contribution is 2.34. The van der Waals surface area contributed by atoms with E-state index in [-0.39, 0.29) is 16.5 Å². The lowest BCUT2D eigenvalue weighted by Gasteiger charge is -2.10. The van der Waals surface area contributed by atoms with Crippen LogP contribution in [0.3, 0.4) is 0 Å². The quantitative estimate of drug-likeness (QED) is 0.434. The highest BCUT2D eigenvalue weighted by atomic mass is 35.5. The number of nitrogens with zero attached hydrogens (tertiary/aromatic N) is 1. The Morgan fingerprint density at radius 3 is 2.46 bits per heavy atom. The van der Waals surface area contributed by atoms with Crippen molar-refractivity contribution in [2.75, 3.05) is 12.4 Å². The third kappa shape index (κ3) is 4.52. The molecule has 0 saturated carbocycles. The third-order valence-corrected chi connectivity index (χ3v) is 3.86. The molecule has 0 aliphatic heterocycles. The first-order chi connectivity index (χ1) is 12.3. The van der Waals surface area contributed by atoms with Gasteiger partial charge in [0.2, 0.25) is 0 Å². The van der Waals surface area contributed by atoms with E-state index < -0.39 is 11.8 Å². The largest absolute Gasteiger partial charge is 0.503 e. The number of ether oxygens (including phenoxy) is 1. The maximum atomic E-state index is 12.0. The number of hydrogen-bond donors (Lipinski definition) is 3. The molecule has 2 aromatic carbocycles. The standard InChI is InChI=1S/C18H18ClN3O4/c1-10-5-4-6-11(2)15(10)21-17(24)18(25)22-20-9-12-7-13(19)16(23)14(8-12)26-3/h4-9,23H,1-3H3,(H,21,24)(H,22,25)/b20-9-. The van der Waals surface area contributed by atoms with Crippen molar-refractivity contribution in [3.63, 3.8) is 0 Å². The topological polar surface area (TPSA) is 100 Å². The summed E-state index contributed by atoms with van der Waals surface area (Å²) in [5, 5.41) is 16.0. The Morgan fingerprint density at radius 1 is 1.19 bits per heavy atom. The van der Waals surface area contributed by atoms with Crippen molar-refractivity contribution in [3.05, 3.63) is 52.0 Å². The highest BCUT2D eigenvalue weighted by Gasteiger charge is 2.15. The van der Waals surface area contributed by atoms with Crippen molar-refractivity contribution < 1.29 is 19.4 Å². The summed E-state index contributed by atoms with van der Waals surface area (Å²) < 4.78 is 4.97. The number of aryl methyl sites for hydroxylation is 2. The molecule has 0 heterocycles. The maximum Gasteiger partial charge on any atom is 0.329 e. The molecule has 26 heavy (non-hydrogen) atoms. The van der Waals surface area contributed by atoms with Gasteiger partial charge in [0, 0.05) is 5.69 Å². The molecule has 3 N–H and O–H groups in total. The van der Waals surface area contributed by atoms with E-state index in [4.69, 9.17) is 16.3 Å². The molecule has 2 aromatic rings. The zero-order valence-corrected chi connectivity index (χ0v) is 15.2. The minimum atomic E-state index is -0.916. The molecule has 0 spiro atoms. The molecule has 7 nitrogen and oxygen atoms in total. The Morgan fingerprint density at radius 2 is 1.85 bits per heavy atom. The minimum absolute atomic E-state index is 0.0740. The first-order valence-electron chi connectivity index (χ1n) is 7.60. The Balaban J connectivity index is 2.03. The van der Waals surface area contributed by atoms with Crippen molar-refractivity contribution in [2.24, 2.45) is 5.10 Å². The van der Waals surface area contributed by atoms with Gasteiger partial charge in [-0.1, -0.05) is 29.8 Å². The van der Waals surface area contributed by atoms with Crippen molar-refractivity contribution in [1.29, 1.82) is 0 Å². The smallest absolute Gasteiger partial charge is 0.329 e. The zero-order chi connectivity index (χ0) is 19.3. The van der Waals surface area contributed by atoms with Crippen LogP contribution < -0.4 is 15.5 Å². The molecular formula is C18H18ClN3O4. The predicted molar refractivity (Wildman–Crippen MR) is 100.0 cm³/mol. The van der Waals surface area contributed by atoms with Gasteiger partial charge in [-0.05, 0) is 42.7 Å². The number of carbonyl (C=O) groups is 2. The lowest BCUT2D eigenvalue weighted by molar-refractivity contribution is -0.136. The van der Waals surface area contributed by atoms with Crippen LogP contribution in [0.1, 0.15) is 16.7 Å². The number of amides is 2. The van der Waals surface area contributed by atoms with Crippen molar-refractivity contribution in [2.45, 2.75) is 13.8 Å². The van der Waals surface area contributed by atoms with E-state index in [1.807, 2.05) is 32.0 Å². The van der Waals surface area contributed by atoms with Gasteiger partial charge in [-0.2, -0.15) is 5.10 Å². The fourth-order valence-corrected chi connectivity index (χ4v) is 2.44. The lowest BCUT2D eigenvalue weighted by Crippen LogP contribution is -2.32. The van der Waals surface area contributed by atoms with Crippen LogP contribution in [0.25, 0.3) is 0 Å². The van der Waals surface area contributed by atoms with Crippen LogP contribution in [-0.4, -0.2) is 30.2 Å². The first-order valence-corrected chi connectivity index (χ1v) is 7.98. The third-order valence-electron chi connectivity index (χ3n) is 3.58. The summed E-state index contributed by atoms with van der Waals surface area (Å²) in [5.74, 6) is -1.78. The van der Waals surface area contributed by atoms with E-state index in [0.29, 0.717) is 11.3 Å². The summed E-state index contributed by atoms with van der Waals surface area (Å²) in [6.07, 6.45) is 1.28. The fourth-order valence-electron chi connectivity index (χ4n) is 2.22. The van der Waals surface area contributed by atoms with E-state index in [9.17, 15) is 14.7 Å². The summed E-state index contributed by atoms with van der Waals surface area (Å²) in [6.45, 7) is 3.67. The molecule has 0 aliphatic rings. The van der Waals surface area contributed by atoms with Gasteiger partial charge in [-0.3, -0.25) is 9.59 Å². The molecule has 0 saturated heterocycles. The average Bonchev–Trinajstić information content (AvgIpc) is 2.60. The molecule has 0 radical (unpaired) electrons. The summed E-state index contributed by atoms with van der Waals surface area (Å²) in [7, 11) is 1.38. The van der Waals surface area contributed by atoms with Crippen LogP contribution in [0.2, 0.25) is 5.02 Å². The van der Waals surface area contributed by atoms with Crippen molar-refractivity contribution in [1.82, 2.24) is 5.43 Å². The SMILES string of the molecule is COc1cc(/C=N\NC(=O)C(=O)Nc2c(C)cccc2C)cc(Cl)c1O. The van der Waals surface area contributed by atoms with Gasteiger partial charge < -0.3 is 15.2 Å². The number of rotatable bonds is 4. The molecule has 0 bridgehead atoms. The molecule has 2 rings (SSSR count). The van der Waals surface area contributed by atoms with E-state index >= 15 is 0 Å².